The molecule has 2 aliphatic rings. The van der Waals surface area contributed by atoms with Crippen LogP contribution in [0.15, 0.2) is 48.5 Å². The number of hydrogen-bond donors (Lipinski definition) is 2. The van der Waals surface area contributed by atoms with Crippen LogP contribution in [-0.2, 0) is 23.8 Å². The highest BCUT2D eigenvalue weighted by Gasteiger charge is 2.41. The van der Waals surface area contributed by atoms with Gasteiger partial charge in [0.2, 0.25) is 0 Å². The predicted octanol–water partition coefficient (Wildman–Crippen LogP) is 2.49. The lowest BCUT2D eigenvalue weighted by Gasteiger charge is -2.22. The number of nitrogens with zero attached hydrogens (tertiary/aromatic N) is 1. The van der Waals surface area contributed by atoms with E-state index in [0.29, 0.717) is 0 Å². The first-order chi connectivity index (χ1) is 16.9. The minimum absolute atomic E-state index is 0.0347. The Hall–Kier alpha value is -3.43. The fourth-order valence-corrected chi connectivity index (χ4v) is 4.93. The van der Waals surface area contributed by atoms with Gasteiger partial charge in [-0.15, -0.1) is 0 Å². The number of fused-ring (bicyclic) bond motifs is 3. The van der Waals surface area contributed by atoms with Crippen molar-refractivity contribution < 1.29 is 33.7 Å². The van der Waals surface area contributed by atoms with Crippen LogP contribution in [0.2, 0.25) is 0 Å². The summed E-state index contributed by atoms with van der Waals surface area (Å²) in [5.74, 6) is -2.14. The second kappa shape index (κ2) is 10.9. The molecule has 0 saturated carbocycles. The number of benzene rings is 2. The van der Waals surface area contributed by atoms with Gasteiger partial charge < -0.3 is 29.5 Å². The summed E-state index contributed by atoms with van der Waals surface area (Å²) >= 11 is 0. The zero-order valence-corrected chi connectivity index (χ0v) is 19.8. The molecule has 0 spiro atoms. The predicted molar refractivity (Wildman–Crippen MR) is 127 cm³/mol. The van der Waals surface area contributed by atoms with Gasteiger partial charge in [0.05, 0.1) is 6.10 Å². The minimum atomic E-state index is -1.00. The second-order valence-electron chi connectivity index (χ2n) is 8.73. The largest absolute Gasteiger partial charge is 0.481 e. The van der Waals surface area contributed by atoms with Gasteiger partial charge in [-0.25, -0.2) is 4.79 Å². The molecule has 2 aromatic carbocycles. The summed E-state index contributed by atoms with van der Waals surface area (Å²) in [6.07, 6.45) is -1.71. The third-order valence-corrected chi connectivity index (χ3v) is 6.78. The molecule has 2 N–H and O–H groups in total. The van der Waals surface area contributed by atoms with Crippen molar-refractivity contribution in [1.82, 2.24) is 10.2 Å². The number of carboxylic acid groups (broad SMARTS) is 1. The van der Waals surface area contributed by atoms with Crippen molar-refractivity contribution in [3.63, 3.8) is 0 Å². The van der Waals surface area contributed by atoms with E-state index in [1.54, 1.807) is 0 Å². The van der Waals surface area contributed by atoms with Crippen LogP contribution in [0.25, 0.3) is 11.1 Å². The van der Waals surface area contributed by atoms with Gasteiger partial charge in [0.15, 0.2) is 0 Å². The van der Waals surface area contributed by atoms with Gasteiger partial charge in [0.1, 0.15) is 18.6 Å². The molecule has 0 bridgehead atoms. The zero-order chi connectivity index (χ0) is 24.9. The number of rotatable bonds is 9. The van der Waals surface area contributed by atoms with Gasteiger partial charge in [0, 0.05) is 46.2 Å². The summed E-state index contributed by atoms with van der Waals surface area (Å²) < 4.78 is 16.1. The third kappa shape index (κ3) is 5.16. The van der Waals surface area contributed by atoms with Crippen LogP contribution in [0, 0.1) is 5.92 Å². The topological polar surface area (TPSA) is 114 Å². The van der Waals surface area contributed by atoms with Crippen molar-refractivity contribution in [2.45, 2.75) is 24.5 Å². The average molecular weight is 483 g/mol. The lowest BCUT2D eigenvalue weighted by Crippen LogP contribution is -2.41. The van der Waals surface area contributed by atoms with Gasteiger partial charge in [-0.1, -0.05) is 48.5 Å². The van der Waals surface area contributed by atoms with Crippen LogP contribution >= 0.6 is 0 Å². The summed E-state index contributed by atoms with van der Waals surface area (Å²) in [5, 5.41) is 12.0. The fraction of sp³-hybridized carbons (Fsp3) is 0.423. The van der Waals surface area contributed by atoms with Crippen LogP contribution in [0.4, 0.5) is 4.79 Å². The Bertz CT molecular complexity index is 1040. The number of alkyl carbamates (subject to hydrolysis) is 1. The Morgan fingerprint density at radius 2 is 1.66 bits per heavy atom. The maximum Gasteiger partial charge on any atom is 0.407 e. The first-order valence-electron chi connectivity index (χ1n) is 11.6. The molecule has 3 unspecified atom stereocenters. The van der Waals surface area contributed by atoms with Gasteiger partial charge in [-0.05, 0) is 22.3 Å². The molecule has 1 aliphatic heterocycles. The Labute approximate surface area is 204 Å². The molecule has 186 valence electrons. The van der Waals surface area contributed by atoms with Crippen LogP contribution < -0.4 is 5.32 Å². The van der Waals surface area contributed by atoms with Crippen molar-refractivity contribution >= 4 is 18.0 Å². The SMILES string of the molecule is COC(CCNC(=O)OCC1c2ccccc2-c2ccccc21)C(=O)N1CC(OC)C(C(=O)O)C1. The highest BCUT2D eigenvalue weighted by atomic mass is 16.5. The third-order valence-electron chi connectivity index (χ3n) is 6.78. The normalized spacial score (nSPS) is 19.7. The van der Waals surface area contributed by atoms with Crippen LogP contribution in [0.1, 0.15) is 23.5 Å². The number of aliphatic carboxylic acids is 1. The van der Waals surface area contributed by atoms with E-state index >= 15 is 0 Å². The molecule has 3 atom stereocenters. The van der Waals surface area contributed by atoms with Crippen molar-refractivity contribution in [3.05, 3.63) is 59.7 Å². The van der Waals surface area contributed by atoms with E-state index < -0.39 is 30.2 Å². The van der Waals surface area contributed by atoms with Crippen LogP contribution in [-0.4, -0.2) is 80.6 Å². The molecule has 4 rings (SSSR count). The number of likely N-dealkylation sites (tertiary alicyclic amines) is 1. The van der Waals surface area contributed by atoms with Gasteiger partial charge >= 0.3 is 12.1 Å². The molecule has 2 amide bonds. The Morgan fingerprint density at radius 3 is 2.20 bits per heavy atom. The van der Waals surface area contributed by atoms with Crippen molar-refractivity contribution in [1.29, 1.82) is 0 Å². The molecule has 1 aliphatic carbocycles. The first kappa shape index (κ1) is 24.7. The summed E-state index contributed by atoms with van der Waals surface area (Å²) in [7, 11) is 2.84. The molecular formula is C26H30N2O7. The minimum Gasteiger partial charge on any atom is -0.481 e. The Kier molecular flexibility index (Phi) is 7.67. The lowest BCUT2D eigenvalue weighted by atomic mass is 9.98. The molecular weight excluding hydrogens is 452 g/mol. The molecule has 0 radical (unpaired) electrons. The van der Waals surface area contributed by atoms with E-state index in [1.165, 1.54) is 19.1 Å². The van der Waals surface area contributed by atoms with Crippen LogP contribution in [0.5, 0.6) is 0 Å². The number of methoxy groups -OCH3 is 2. The van der Waals surface area contributed by atoms with E-state index in [9.17, 15) is 19.5 Å². The average Bonchev–Trinajstić information content (AvgIpc) is 3.45. The molecule has 1 saturated heterocycles. The molecule has 1 heterocycles. The number of carbonyl (C=O) groups excluding carboxylic acids is 2. The summed E-state index contributed by atoms with van der Waals surface area (Å²) in [6, 6.07) is 16.2. The van der Waals surface area contributed by atoms with E-state index in [1.807, 2.05) is 24.3 Å². The number of amides is 2. The second-order valence-corrected chi connectivity index (χ2v) is 8.73. The number of carboxylic acids is 1. The monoisotopic (exact) mass is 482 g/mol. The summed E-state index contributed by atoms with van der Waals surface area (Å²) in [6.45, 7) is 0.623. The maximum atomic E-state index is 12.8. The molecule has 35 heavy (non-hydrogen) atoms. The number of ether oxygens (including phenoxy) is 3. The molecule has 0 aromatic heterocycles. The summed E-state index contributed by atoms with van der Waals surface area (Å²) in [4.78, 5) is 38.0. The van der Waals surface area contributed by atoms with Gasteiger partial charge in [-0.3, -0.25) is 9.59 Å². The van der Waals surface area contributed by atoms with Gasteiger partial charge in [-0.2, -0.15) is 0 Å². The van der Waals surface area contributed by atoms with E-state index in [-0.39, 0.29) is 44.5 Å². The number of hydrogen-bond acceptors (Lipinski definition) is 6. The van der Waals surface area contributed by atoms with E-state index in [0.717, 1.165) is 22.3 Å². The van der Waals surface area contributed by atoms with E-state index in [2.05, 4.69) is 29.6 Å². The molecule has 2 aromatic rings. The molecule has 9 heteroatoms. The van der Waals surface area contributed by atoms with Gasteiger partial charge in [0.25, 0.3) is 5.91 Å². The number of nitrogens with one attached hydrogen (secondary N) is 1. The van der Waals surface area contributed by atoms with Crippen LogP contribution in [0.3, 0.4) is 0 Å². The standard InChI is InChI=1S/C26H30N2O7/c1-33-22(24(29)28-13-20(25(30)31)23(14-28)34-2)11-12-27-26(32)35-15-21-18-9-5-3-7-16(18)17-8-4-6-10-19(17)21/h3-10,20-23H,11-15H2,1-2H3,(H,27,32)(H,30,31). The highest BCUT2D eigenvalue weighted by Crippen LogP contribution is 2.44. The van der Waals surface area contributed by atoms with E-state index in [4.69, 9.17) is 14.2 Å². The fourth-order valence-electron chi connectivity index (χ4n) is 4.93. The first-order valence-corrected chi connectivity index (χ1v) is 11.6. The Balaban J connectivity index is 1.27. The molecule has 1 fully saturated rings. The van der Waals surface area contributed by atoms with Crippen molar-refractivity contribution in [2.24, 2.45) is 5.92 Å². The van der Waals surface area contributed by atoms with Crippen molar-refractivity contribution in [2.75, 3.05) is 40.5 Å². The van der Waals surface area contributed by atoms with Crippen molar-refractivity contribution in [3.8, 4) is 11.1 Å². The highest BCUT2D eigenvalue weighted by molar-refractivity contribution is 5.83. The Morgan fingerprint density at radius 1 is 1.03 bits per heavy atom. The quantitative estimate of drug-likeness (QED) is 0.564. The zero-order valence-electron chi connectivity index (χ0n) is 19.8. The lowest BCUT2D eigenvalue weighted by molar-refractivity contribution is -0.144. The molecule has 9 nitrogen and oxygen atoms in total. The number of carbonyl (C=O) groups is 3. The summed E-state index contributed by atoms with van der Waals surface area (Å²) in [5.41, 5.74) is 4.57. The maximum absolute atomic E-state index is 12.8. The smallest absolute Gasteiger partial charge is 0.407 e.